The van der Waals surface area contributed by atoms with Crippen molar-refractivity contribution in [2.75, 3.05) is 0 Å². The van der Waals surface area contributed by atoms with E-state index in [0.717, 1.165) is 5.56 Å². The quantitative estimate of drug-likeness (QED) is 0.321. The first kappa shape index (κ1) is 23.7. The van der Waals surface area contributed by atoms with Crippen LogP contribution in [0.5, 0.6) is 0 Å². The maximum Gasteiger partial charge on any atom is 0.303 e. The van der Waals surface area contributed by atoms with Gasteiger partial charge >= 0.3 is 11.9 Å². The lowest BCUT2D eigenvalue weighted by molar-refractivity contribution is -0.150. The fourth-order valence-corrected chi connectivity index (χ4v) is 5.77. The molecule has 1 aliphatic heterocycles. The van der Waals surface area contributed by atoms with Gasteiger partial charge in [-0.2, -0.15) is 0 Å². The van der Waals surface area contributed by atoms with E-state index in [1.165, 1.54) is 32.1 Å². The van der Waals surface area contributed by atoms with Crippen LogP contribution >= 0.6 is 0 Å². The molecule has 1 saturated heterocycles. The number of sulfone groups is 1. The Morgan fingerprint density at radius 2 is 1.66 bits per heavy atom. The second-order valence-electron chi connectivity index (χ2n) is 7.65. The summed E-state index contributed by atoms with van der Waals surface area (Å²) in [6.45, 7) is 7.94. The van der Waals surface area contributed by atoms with Crippen LogP contribution < -0.4 is 0 Å². The molecule has 2 aromatic rings. The normalized spacial score (nSPS) is 21.8. The maximum absolute atomic E-state index is 13.9. The van der Waals surface area contributed by atoms with E-state index in [-0.39, 0.29) is 11.3 Å². The fourth-order valence-electron chi connectivity index (χ4n) is 3.76. The molecule has 0 aromatic heterocycles. The topological polar surface area (TPSA) is 99.3 Å². The lowest BCUT2D eigenvalue weighted by atomic mass is 10.0. The Balaban J connectivity index is 2.19. The Bertz CT molecular complexity index is 1090. The van der Waals surface area contributed by atoms with Gasteiger partial charge in [0.1, 0.15) is 12.2 Å². The predicted molar refractivity (Wildman–Crippen MR) is 117 cm³/mol. The number of hydrogen-bond acceptors (Lipinski definition) is 7. The molecule has 0 aliphatic carbocycles. The van der Waals surface area contributed by atoms with Gasteiger partial charge in [-0.05, 0) is 24.6 Å². The monoisotopic (exact) mass is 458 g/mol. The molecule has 0 unspecified atom stereocenters. The van der Waals surface area contributed by atoms with E-state index >= 15 is 0 Å². The molecule has 0 bridgehead atoms. The Labute approximate surface area is 187 Å². The zero-order valence-corrected chi connectivity index (χ0v) is 19.0. The first-order valence-electron chi connectivity index (χ1n) is 10.1. The number of hydrogen-bond donors (Lipinski definition) is 0. The van der Waals surface area contributed by atoms with E-state index in [9.17, 15) is 18.0 Å². The molecular weight excluding hydrogens is 432 g/mol. The average molecular weight is 459 g/mol. The summed E-state index contributed by atoms with van der Waals surface area (Å²) in [5.41, 5.74) is 1.33. The third-order valence-electron chi connectivity index (χ3n) is 5.21. The molecule has 0 saturated carbocycles. The van der Waals surface area contributed by atoms with E-state index < -0.39 is 45.0 Å². The van der Waals surface area contributed by atoms with E-state index in [2.05, 4.69) is 6.58 Å². The standard InChI is InChI=1S/C24H26O7S/c1-5-9-21(29-17(3)25)23-24(31-23,32(27,28)20-14-12-16(2)13-15-20)22(30-18(4)26)19-10-7-6-8-11-19/h5-8,10-15,21-23H,1,9H2,2-4H3/t21-,22-,23-,24+/m1/s1. The van der Waals surface area contributed by atoms with Crippen molar-refractivity contribution in [3.63, 3.8) is 0 Å². The van der Waals surface area contributed by atoms with Crippen LogP contribution in [0, 0.1) is 6.92 Å². The van der Waals surface area contributed by atoms with Crippen molar-refractivity contribution in [1.29, 1.82) is 0 Å². The zero-order chi connectivity index (χ0) is 23.5. The largest absolute Gasteiger partial charge is 0.459 e. The van der Waals surface area contributed by atoms with Gasteiger partial charge in [-0.3, -0.25) is 9.59 Å². The highest BCUT2D eigenvalue weighted by Gasteiger charge is 2.75. The molecule has 0 spiro atoms. The molecule has 7 nitrogen and oxygen atoms in total. The molecule has 0 N–H and O–H groups in total. The number of carbonyl (C=O) groups excluding carboxylic acids is 2. The van der Waals surface area contributed by atoms with Gasteiger partial charge in [0.15, 0.2) is 6.10 Å². The van der Waals surface area contributed by atoms with Gasteiger partial charge in [-0.15, -0.1) is 6.58 Å². The Morgan fingerprint density at radius 1 is 1.06 bits per heavy atom. The lowest BCUT2D eigenvalue weighted by Crippen LogP contribution is -2.41. The summed E-state index contributed by atoms with van der Waals surface area (Å²) in [5.74, 6) is -1.25. The number of ether oxygens (including phenoxy) is 3. The number of benzene rings is 2. The van der Waals surface area contributed by atoms with Crippen LogP contribution in [0.3, 0.4) is 0 Å². The molecular formula is C24H26O7S. The van der Waals surface area contributed by atoms with E-state index in [1.807, 2.05) is 6.92 Å². The van der Waals surface area contributed by atoms with Crippen molar-refractivity contribution in [3.05, 3.63) is 78.4 Å². The summed E-state index contributed by atoms with van der Waals surface area (Å²) < 4.78 is 44.7. The van der Waals surface area contributed by atoms with Gasteiger partial charge in [-0.1, -0.05) is 54.1 Å². The van der Waals surface area contributed by atoms with Gasteiger partial charge in [-0.25, -0.2) is 8.42 Å². The highest BCUT2D eigenvalue weighted by molar-refractivity contribution is 7.93. The first-order valence-corrected chi connectivity index (χ1v) is 11.6. The Morgan fingerprint density at radius 3 is 2.19 bits per heavy atom. The predicted octanol–water partition coefficient (Wildman–Crippen LogP) is 3.68. The van der Waals surface area contributed by atoms with Crippen LogP contribution in [-0.2, 0) is 33.6 Å². The van der Waals surface area contributed by atoms with E-state index in [4.69, 9.17) is 14.2 Å². The number of rotatable bonds is 9. The third kappa shape index (κ3) is 4.47. The van der Waals surface area contributed by atoms with Crippen molar-refractivity contribution >= 4 is 21.8 Å². The molecule has 1 heterocycles. The van der Waals surface area contributed by atoms with Crippen molar-refractivity contribution in [1.82, 2.24) is 0 Å². The van der Waals surface area contributed by atoms with Crippen LogP contribution in [-0.4, -0.2) is 37.5 Å². The summed E-state index contributed by atoms with van der Waals surface area (Å²) in [4.78, 5) is 21.8. The van der Waals surface area contributed by atoms with Gasteiger partial charge in [0.2, 0.25) is 14.8 Å². The Kier molecular flexibility index (Phi) is 6.85. The molecule has 32 heavy (non-hydrogen) atoms. The van der Waals surface area contributed by atoms with Gasteiger partial charge < -0.3 is 14.2 Å². The van der Waals surface area contributed by atoms with Crippen molar-refractivity contribution in [3.8, 4) is 0 Å². The smallest absolute Gasteiger partial charge is 0.303 e. The molecule has 3 rings (SSSR count). The number of esters is 2. The first-order chi connectivity index (χ1) is 15.1. The second-order valence-corrected chi connectivity index (χ2v) is 9.77. The molecule has 170 valence electrons. The van der Waals surface area contributed by atoms with E-state index in [1.54, 1.807) is 42.5 Å². The molecule has 0 amide bonds. The number of carbonyl (C=O) groups is 2. The van der Waals surface area contributed by atoms with Gasteiger partial charge in [0.25, 0.3) is 0 Å². The van der Waals surface area contributed by atoms with Crippen molar-refractivity contribution < 1.29 is 32.2 Å². The van der Waals surface area contributed by atoms with Crippen molar-refractivity contribution in [2.24, 2.45) is 0 Å². The summed E-state index contributed by atoms with van der Waals surface area (Å²) in [6, 6.07) is 14.8. The van der Waals surface area contributed by atoms with Crippen LogP contribution in [0.25, 0.3) is 0 Å². The number of aryl methyl sites for hydroxylation is 1. The highest BCUT2D eigenvalue weighted by Crippen LogP contribution is 2.57. The van der Waals surface area contributed by atoms with Crippen LogP contribution in [0.15, 0.2) is 72.1 Å². The van der Waals surface area contributed by atoms with Crippen molar-refractivity contribution in [2.45, 2.75) is 55.3 Å². The van der Waals surface area contributed by atoms with Crippen LogP contribution in [0.4, 0.5) is 0 Å². The summed E-state index contributed by atoms with van der Waals surface area (Å²) in [5, 5.41) is 0. The summed E-state index contributed by atoms with van der Waals surface area (Å²) in [6.07, 6.45) is -1.59. The highest BCUT2D eigenvalue weighted by atomic mass is 32.2. The minimum atomic E-state index is -4.21. The Hall–Kier alpha value is -2.97. The van der Waals surface area contributed by atoms with Crippen LogP contribution in [0.1, 0.15) is 37.5 Å². The van der Waals surface area contributed by atoms with Gasteiger partial charge in [0.05, 0.1) is 4.90 Å². The molecule has 0 radical (unpaired) electrons. The second kappa shape index (κ2) is 9.26. The molecule has 4 atom stereocenters. The molecule has 1 aliphatic rings. The minimum Gasteiger partial charge on any atom is -0.459 e. The fraction of sp³-hybridized carbons (Fsp3) is 0.333. The summed E-state index contributed by atoms with van der Waals surface area (Å²) >= 11 is 0. The van der Waals surface area contributed by atoms with E-state index in [0.29, 0.717) is 5.56 Å². The lowest BCUT2D eigenvalue weighted by Gasteiger charge is -2.26. The maximum atomic E-state index is 13.9. The van der Waals surface area contributed by atoms with Crippen LogP contribution in [0.2, 0.25) is 0 Å². The summed E-state index contributed by atoms with van der Waals surface area (Å²) in [7, 11) is -4.21. The third-order valence-corrected chi connectivity index (χ3v) is 7.48. The molecule has 2 aromatic carbocycles. The zero-order valence-electron chi connectivity index (χ0n) is 18.2. The average Bonchev–Trinajstić information content (AvgIpc) is 3.50. The molecule has 8 heteroatoms. The van der Waals surface area contributed by atoms with Gasteiger partial charge in [0, 0.05) is 20.3 Å². The molecule has 1 fully saturated rings. The number of epoxide rings is 1. The SMILES string of the molecule is C=CC[C@@H](OC(C)=O)[C@H]1O[C@@]1([C@H](OC(C)=O)c1ccccc1)S(=O)(=O)c1ccc(C)cc1. The minimum absolute atomic E-state index is 0.0128.